The maximum absolute atomic E-state index is 12.4. The Kier molecular flexibility index (Phi) is 6.00. The fourth-order valence-electron chi connectivity index (χ4n) is 2.55. The van der Waals surface area contributed by atoms with E-state index in [0.717, 1.165) is 16.8 Å². The first-order valence-electron chi connectivity index (χ1n) is 7.90. The maximum atomic E-state index is 12.4. The second kappa shape index (κ2) is 7.14. The van der Waals surface area contributed by atoms with Crippen LogP contribution in [-0.4, -0.2) is 35.2 Å². The number of amides is 2. The molecule has 0 radical (unpaired) electrons. The molecule has 124 valence electrons. The quantitative estimate of drug-likeness (QED) is 0.858. The molecule has 2 N–H and O–H groups in total. The summed E-state index contributed by atoms with van der Waals surface area (Å²) in [5, 5.41) is 12.9. The van der Waals surface area contributed by atoms with Gasteiger partial charge in [0.15, 0.2) is 0 Å². The van der Waals surface area contributed by atoms with Crippen molar-refractivity contribution in [3.8, 4) is 0 Å². The van der Waals surface area contributed by atoms with Crippen molar-refractivity contribution in [2.75, 3.05) is 18.9 Å². The van der Waals surface area contributed by atoms with Gasteiger partial charge in [-0.25, -0.2) is 4.79 Å². The predicted octanol–water partition coefficient (Wildman–Crippen LogP) is 4.17. The van der Waals surface area contributed by atoms with E-state index in [9.17, 15) is 9.90 Å². The zero-order chi connectivity index (χ0) is 17.1. The first-order chi connectivity index (χ1) is 10.0. The van der Waals surface area contributed by atoms with E-state index < -0.39 is 5.60 Å². The average molecular weight is 306 g/mol. The van der Waals surface area contributed by atoms with Crippen LogP contribution >= 0.6 is 0 Å². The van der Waals surface area contributed by atoms with Crippen LogP contribution < -0.4 is 5.32 Å². The third kappa shape index (κ3) is 5.02. The van der Waals surface area contributed by atoms with Gasteiger partial charge in [-0.3, -0.25) is 0 Å². The number of para-hydroxylation sites is 1. The van der Waals surface area contributed by atoms with Crippen LogP contribution in [-0.2, 0) is 0 Å². The van der Waals surface area contributed by atoms with Gasteiger partial charge in [0.2, 0.25) is 0 Å². The minimum Gasteiger partial charge on any atom is -0.389 e. The van der Waals surface area contributed by atoms with Crippen LogP contribution in [0.1, 0.15) is 64.5 Å². The zero-order valence-electron chi connectivity index (χ0n) is 14.9. The highest BCUT2D eigenvalue weighted by Gasteiger charge is 2.21. The highest BCUT2D eigenvalue weighted by Crippen LogP contribution is 2.32. The molecule has 4 nitrogen and oxygen atoms in total. The highest BCUT2D eigenvalue weighted by atomic mass is 16.3. The molecule has 0 aliphatic rings. The summed E-state index contributed by atoms with van der Waals surface area (Å²) in [6, 6.07) is 5.96. The largest absolute Gasteiger partial charge is 0.389 e. The van der Waals surface area contributed by atoms with Gasteiger partial charge in [0.1, 0.15) is 0 Å². The number of urea groups is 1. The predicted molar refractivity (Wildman–Crippen MR) is 92.6 cm³/mol. The lowest BCUT2D eigenvalue weighted by Gasteiger charge is -2.27. The Morgan fingerprint density at radius 1 is 1.18 bits per heavy atom. The monoisotopic (exact) mass is 306 g/mol. The van der Waals surface area contributed by atoms with E-state index in [1.807, 2.05) is 6.07 Å². The molecule has 0 heterocycles. The van der Waals surface area contributed by atoms with Gasteiger partial charge < -0.3 is 15.3 Å². The molecule has 4 heteroatoms. The SMILES string of the molecule is CC(C)c1cccc(C(C)C)c1NC(=O)N(C)CC(C)(C)O. The van der Waals surface area contributed by atoms with Gasteiger partial charge in [-0.05, 0) is 36.8 Å². The van der Waals surface area contributed by atoms with E-state index in [4.69, 9.17) is 0 Å². The number of anilines is 1. The molecule has 0 unspecified atom stereocenters. The first-order valence-corrected chi connectivity index (χ1v) is 7.90. The van der Waals surface area contributed by atoms with Crippen molar-refractivity contribution in [2.24, 2.45) is 0 Å². The molecule has 0 fully saturated rings. The number of likely N-dealkylation sites (N-methyl/N-ethyl adjacent to an activating group) is 1. The fraction of sp³-hybridized carbons (Fsp3) is 0.611. The highest BCUT2D eigenvalue weighted by molar-refractivity contribution is 5.91. The molecule has 0 aliphatic carbocycles. The second-order valence-corrected chi connectivity index (χ2v) is 7.22. The molecule has 1 aromatic rings. The molecule has 0 spiro atoms. The molecule has 22 heavy (non-hydrogen) atoms. The van der Waals surface area contributed by atoms with E-state index in [1.54, 1.807) is 20.9 Å². The standard InChI is InChI=1S/C18H30N2O2/c1-12(2)14-9-8-10-15(13(3)4)16(14)19-17(21)20(7)11-18(5,6)22/h8-10,12-13,22H,11H2,1-7H3,(H,19,21). The third-order valence-corrected chi connectivity index (χ3v) is 3.58. The Bertz CT molecular complexity index is 490. The van der Waals surface area contributed by atoms with Gasteiger partial charge >= 0.3 is 6.03 Å². The van der Waals surface area contributed by atoms with Crippen molar-refractivity contribution >= 4 is 11.7 Å². The number of rotatable bonds is 5. The fourth-order valence-corrected chi connectivity index (χ4v) is 2.55. The van der Waals surface area contributed by atoms with Crippen LogP contribution in [0.3, 0.4) is 0 Å². The third-order valence-electron chi connectivity index (χ3n) is 3.58. The summed E-state index contributed by atoms with van der Waals surface area (Å²) >= 11 is 0. The summed E-state index contributed by atoms with van der Waals surface area (Å²) in [7, 11) is 1.69. The molecule has 0 bridgehead atoms. The molecule has 0 aliphatic heterocycles. The average Bonchev–Trinajstić information content (AvgIpc) is 2.36. The topological polar surface area (TPSA) is 52.6 Å². The van der Waals surface area contributed by atoms with Gasteiger partial charge in [0, 0.05) is 12.7 Å². The molecule has 2 amide bonds. The van der Waals surface area contributed by atoms with E-state index >= 15 is 0 Å². The molecule has 0 atom stereocenters. The lowest BCUT2D eigenvalue weighted by atomic mass is 9.93. The minimum absolute atomic E-state index is 0.197. The van der Waals surface area contributed by atoms with Crippen LogP contribution in [0.4, 0.5) is 10.5 Å². The van der Waals surface area contributed by atoms with Crippen LogP contribution in [0.25, 0.3) is 0 Å². The lowest BCUT2D eigenvalue weighted by Crippen LogP contribution is -2.42. The summed E-state index contributed by atoms with van der Waals surface area (Å²) in [6.07, 6.45) is 0. The molecule has 0 saturated carbocycles. The van der Waals surface area contributed by atoms with Gasteiger partial charge in [-0.15, -0.1) is 0 Å². The van der Waals surface area contributed by atoms with Gasteiger partial charge in [-0.2, -0.15) is 0 Å². The molecule has 0 saturated heterocycles. The summed E-state index contributed by atoms with van der Waals surface area (Å²) in [4.78, 5) is 14.0. The van der Waals surface area contributed by atoms with Gasteiger partial charge in [-0.1, -0.05) is 45.9 Å². The number of benzene rings is 1. The minimum atomic E-state index is -0.912. The smallest absolute Gasteiger partial charge is 0.321 e. The Morgan fingerprint density at radius 2 is 1.64 bits per heavy atom. The van der Waals surface area contributed by atoms with E-state index in [-0.39, 0.29) is 12.6 Å². The van der Waals surface area contributed by atoms with Crippen molar-refractivity contribution in [1.29, 1.82) is 0 Å². The van der Waals surface area contributed by atoms with Crippen LogP contribution in [0.15, 0.2) is 18.2 Å². The van der Waals surface area contributed by atoms with E-state index in [1.165, 1.54) is 4.90 Å². The van der Waals surface area contributed by atoms with Gasteiger partial charge in [0.25, 0.3) is 0 Å². The number of carbonyl (C=O) groups excluding carboxylic acids is 1. The van der Waals surface area contributed by atoms with Crippen molar-refractivity contribution in [3.63, 3.8) is 0 Å². The summed E-state index contributed by atoms with van der Waals surface area (Å²) < 4.78 is 0. The van der Waals surface area contributed by atoms with Crippen LogP contribution in [0, 0.1) is 0 Å². The normalized spacial score (nSPS) is 11.9. The molecule has 1 rings (SSSR count). The Hall–Kier alpha value is -1.55. The van der Waals surface area contributed by atoms with Crippen LogP contribution in [0.5, 0.6) is 0 Å². The Labute approximate surface area is 134 Å². The van der Waals surface area contributed by atoms with Crippen molar-refractivity contribution in [2.45, 2.75) is 59.0 Å². The molecule has 1 aromatic carbocycles. The number of nitrogens with one attached hydrogen (secondary N) is 1. The van der Waals surface area contributed by atoms with Crippen molar-refractivity contribution in [1.82, 2.24) is 4.90 Å². The number of hydrogen-bond acceptors (Lipinski definition) is 2. The zero-order valence-corrected chi connectivity index (χ0v) is 14.9. The van der Waals surface area contributed by atoms with Crippen molar-refractivity contribution < 1.29 is 9.90 Å². The number of aliphatic hydroxyl groups is 1. The number of nitrogens with zero attached hydrogens (tertiary/aromatic N) is 1. The summed E-state index contributed by atoms with van der Waals surface area (Å²) in [6.45, 7) is 12.1. The Morgan fingerprint density at radius 3 is 2.00 bits per heavy atom. The summed E-state index contributed by atoms with van der Waals surface area (Å²) in [5.41, 5.74) is 2.26. The van der Waals surface area contributed by atoms with E-state index in [0.29, 0.717) is 11.8 Å². The van der Waals surface area contributed by atoms with E-state index in [2.05, 4.69) is 45.1 Å². The number of hydrogen-bond donors (Lipinski definition) is 2. The lowest BCUT2D eigenvalue weighted by molar-refractivity contribution is 0.0550. The summed E-state index contributed by atoms with van der Waals surface area (Å²) in [5.74, 6) is 0.655. The first kappa shape index (κ1) is 18.5. The molecule has 0 aromatic heterocycles. The molecular weight excluding hydrogens is 276 g/mol. The Balaban J connectivity index is 3.08. The van der Waals surface area contributed by atoms with Gasteiger partial charge in [0.05, 0.1) is 12.1 Å². The molecular formula is C18H30N2O2. The maximum Gasteiger partial charge on any atom is 0.321 e. The van der Waals surface area contributed by atoms with Crippen LogP contribution in [0.2, 0.25) is 0 Å². The van der Waals surface area contributed by atoms with Crippen molar-refractivity contribution in [3.05, 3.63) is 29.3 Å². The number of carbonyl (C=O) groups is 1. The second-order valence-electron chi connectivity index (χ2n) is 7.22.